The van der Waals surface area contributed by atoms with Crippen LogP contribution in [0.2, 0.25) is 5.02 Å². The Hall–Kier alpha value is -2.42. The fourth-order valence-electron chi connectivity index (χ4n) is 6.33. The molecule has 3 unspecified atom stereocenters. The molecule has 35 heavy (non-hydrogen) atoms. The lowest BCUT2D eigenvalue weighted by atomic mass is 9.62. The summed E-state index contributed by atoms with van der Waals surface area (Å²) in [6.07, 6.45) is 2.04. The molecule has 0 radical (unpaired) electrons. The minimum Gasteiger partial charge on any atom is -0.466 e. The summed E-state index contributed by atoms with van der Waals surface area (Å²) < 4.78 is 12.0. The van der Waals surface area contributed by atoms with E-state index in [1.54, 1.807) is 44.2 Å². The van der Waals surface area contributed by atoms with Crippen LogP contribution in [0.25, 0.3) is 0 Å². The Labute approximate surface area is 210 Å². The molecule has 0 aromatic heterocycles. The van der Waals surface area contributed by atoms with Crippen molar-refractivity contribution in [1.29, 1.82) is 0 Å². The van der Waals surface area contributed by atoms with Crippen molar-refractivity contribution < 1.29 is 29.0 Å². The van der Waals surface area contributed by atoms with Crippen LogP contribution in [-0.4, -0.2) is 70.8 Å². The number of aliphatic hydroxyl groups excluding tert-OH is 1. The van der Waals surface area contributed by atoms with Gasteiger partial charge in [-0.15, -0.1) is 6.58 Å². The summed E-state index contributed by atoms with van der Waals surface area (Å²) in [6.45, 7) is 11.0. The van der Waals surface area contributed by atoms with Gasteiger partial charge in [-0.1, -0.05) is 24.6 Å². The van der Waals surface area contributed by atoms with E-state index in [0.717, 1.165) is 0 Å². The molecular weight excluding hydrogens is 472 g/mol. The van der Waals surface area contributed by atoms with Crippen molar-refractivity contribution in [3.63, 3.8) is 0 Å². The second-order valence-corrected chi connectivity index (χ2v) is 10.4. The lowest BCUT2D eigenvalue weighted by molar-refractivity contribution is -0.161. The molecule has 9 heteroatoms. The normalized spacial score (nSPS) is 34.0. The molecule has 4 rings (SSSR count). The van der Waals surface area contributed by atoms with Crippen LogP contribution in [0.15, 0.2) is 36.9 Å². The number of carbonyl (C=O) groups excluding carboxylic acids is 3. The number of halogens is 1. The fourth-order valence-corrected chi connectivity index (χ4v) is 6.45. The number of fused-ring (bicyclic) bond motifs is 1. The summed E-state index contributed by atoms with van der Waals surface area (Å²) in [6, 6.07) is 5.16. The first-order valence-electron chi connectivity index (χ1n) is 12.0. The van der Waals surface area contributed by atoms with Crippen LogP contribution in [0.5, 0.6) is 0 Å². The number of likely N-dealkylation sites (tertiary alicyclic amines) is 1. The van der Waals surface area contributed by atoms with E-state index < -0.39 is 41.1 Å². The lowest BCUT2D eigenvalue weighted by Gasteiger charge is -2.38. The molecule has 2 amide bonds. The van der Waals surface area contributed by atoms with Crippen molar-refractivity contribution in [2.24, 2.45) is 17.8 Å². The smallest absolute Gasteiger partial charge is 0.312 e. The largest absolute Gasteiger partial charge is 0.466 e. The Kier molecular flexibility index (Phi) is 6.76. The molecule has 2 bridgehead atoms. The fraction of sp³-hybridized carbons (Fsp3) is 0.577. The predicted molar refractivity (Wildman–Crippen MR) is 131 cm³/mol. The van der Waals surface area contributed by atoms with Crippen molar-refractivity contribution in [3.05, 3.63) is 41.9 Å². The van der Waals surface area contributed by atoms with E-state index in [9.17, 15) is 19.5 Å². The molecule has 8 nitrogen and oxygen atoms in total. The zero-order chi connectivity index (χ0) is 25.7. The Balaban J connectivity index is 1.85. The predicted octanol–water partition coefficient (Wildman–Crippen LogP) is 2.81. The highest BCUT2D eigenvalue weighted by Gasteiger charge is 2.80. The number of aliphatic hydroxyl groups is 1. The van der Waals surface area contributed by atoms with Crippen LogP contribution in [0.3, 0.4) is 0 Å². The molecule has 3 aliphatic heterocycles. The average Bonchev–Trinajstić information content (AvgIpc) is 3.34. The summed E-state index contributed by atoms with van der Waals surface area (Å²) in [5, 5.41) is 10.5. The van der Waals surface area contributed by atoms with Crippen molar-refractivity contribution in [1.82, 2.24) is 4.90 Å². The third-order valence-corrected chi connectivity index (χ3v) is 8.23. The molecule has 190 valence electrons. The number of anilines is 1. The van der Waals surface area contributed by atoms with E-state index in [2.05, 4.69) is 6.58 Å². The second-order valence-electron chi connectivity index (χ2n) is 9.95. The van der Waals surface area contributed by atoms with Crippen LogP contribution in [-0.2, 0) is 23.9 Å². The second kappa shape index (κ2) is 9.22. The maximum atomic E-state index is 14.3. The molecule has 3 fully saturated rings. The summed E-state index contributed by atoms with van der Waals surface area (Å²) in [5.41, 5.74) is -1.56. The van der Waals surface area contributed by atoms with Crippen LogP contribution in [0, 0.1) is 17.8 Å². The maximum Gasteiger partial charge on any atom is 0.312 e. The van der Waals surface area contributed by atoms with Gasteiger partial charge >= 0.3 is 5.97 Å². The number of nitrogens with zero attached hydrogens (tertiary/aromatic N) is 2. The molecule has 1 N–H and O–H groups in total. The standard InChI is InChI=1S/C26H33ClN2O6/c1-6-12-28(18-10-8-17(27)9-11-18)23(32)21-26-13-15(3)25(5,35-26)20(24(33)34-7-2)19(26)22(31)29(21)16(4)14-30/h6,8-11,15-16,19-21,30H,1,7,12-14H2,2-5H3/t15?,16-,19+,20-,21?,25+,26?/m1/s1. The molecule has 1 spiro atoms. The van der Waals surface area contributed by atoms with Gasteiger partial charge in [-0.3, -0.25) is 14.4 Å². The number of hydrogen-bond donors (Lipinski definition) is 1. The van der Waals surface area contributed by atoms with E-state index in [1.807, 2.05) is 13.8 Å². The highest BCUT2D eigenvalue weighted by atomic mass is 35.5. The number of benzene rings is 1. The van der Waals surface area contributed by atoms with Gasteiger partial charge in [-0.2, -0.15) is 0 Å². The number of ether oxygens (including phenoxy) is 2. The van der Waals surface area contributed by atoms with E-state index >= 15 is 0 Å². The third-order valence-electron chi connectivity index (χ3n) is 7.98. The molecule has 3 aliphatic rings. The quantitative estimate of drug-likeness (QED) is 0.432. The van der Waals surface area contributed by atoms with Gasteiger partial charge in [0.15, 0.2) is 0 Å². The highest BCUT2D eigenvalue weighted by Crippen LogP contribution is 2.65. The molecule has 0 aliphatic carbocycles. The first-order chi connectivity index (χ1) is 16.6. The van der Waals surface area contributed by atoms with Gasteiger partial charge in [0.1, 0.15) is 17.6 Å². The molecule has 3 saturated heterocycles. The van der Waals surface area contributed by atoms with Gasteiger partial charge in [0, 0.05) is 17.3 Å². The van der Waals surface area contributed by atoms with E-state index in [4.69, 9.17) is 21.1 Å². The first kappa shape index (κ1) is 25.7. The van der Waals surface area contributed by atoms with Crippen molar-refractivity contribution in [2.75, 3.05) is 24.7 Å². The van der Waals surface area contributed by atoms with Gasteiger partial charge < -0.3 is 24.4 Å². The SMILES string of the molecule is C=CCN(C(=O)C1N([C@H](C)CO)C(=O)[C@@H]2[C@H](C(=O)OCC)[C@@]3(C)OC12CC3C)c1ccc(Cl)cc1. The van der Waals surface area contributed by atoms with Gasteiger partial charge in [0.2, 0.25) is 5.91 Å². The minimum atomic E-state index is -1.21. The summed E-state index contributed by atoms with van der Waals surface area (Å²) in [4.78, 5) is 44.3. The number of rotatable bonds is 8. The molecule has 1 aromatic carbocycles. The van der Waals surface area contributed by atoms with Gasteiger partial charge in [-0.05, 0) is 57.4 Å². The molecular formula is C26H33ClN2O6. The van der Waals surface area contributed by atoms with Crippen LogP contribution < -0.4 is 4.90 Å². The van der Waals surface area contributed by atoms with Gasteiger partial charge in [-0.25, -0.2) is 0 Å². The third kappa shape index (κ3) is 3.69. The summed E-state index contributed by atoms with van der Waals surface area (Å²) in [5.74, 6) is -3.02. The summed E-state index contributed by atoms with van der Waals surface area (Å²) in [7, 11) is 0. The molecule has 3 heterocycles. The van der Waals surface area contributed by atoms with Crippen molar-refractivity contribution in [3.8, 4) is 0 Å². The first-order valence-corrected chi connectivity index (χ1v) is 12.4. The number of amides is 2. The minimum absolute atomic E-state index is 0.0935. The van der Waals surface area contributed by atoms with Gasteiger partial charge in [0.05, 0.1) is 30.8 Å². The molecule has 7 atom stereocenters. The Bertz CT molecular complexity index is 1030. The molecule has 1 aromatic rings. The van der Waals surface area contributed by atoms with Crippen LogP contribution in [0.4, 0.5) is 5.69 Å². The van der Waals surface area contributed by atoms with Gasteiger partial charge in [0.25, 0.3) is 5.91 Å². The average molecular weight is 505 g/mol. The van der Waals surface area contributed by atoms with Crippen LogP contribution in [0.1, 0.15) is 34.1 Å². The molecule has 0 saturated carbocycles. The summed E-state index contributed by atoms with van der Waals surface area (Å²) >= 11 is 6.06. The number of esters is 1. The van der Waals surface area contributed by atoms with E-state index in [1.165, 1.54) is 9.80 Å². The highest BCUT2D eigenvalue weighted by molar-refractivity contribution is 6.30. The maximum absolute atomic E-state index is 14.3. The zero-order valence-electron chi connectivity index (χ0n) is 20.6. The topological polar surface area (TPSA) is 96.4 Å². The van der Waals surface area contributed by atoms with E-state index in [-0.39, 0.29) is 37.5 Å². The van der Waals surface area contributed by atoms with E-state index in [0.29, 0.717) is 17.1 Å². The zero-order valence-corrected chi connectivity index (χ0v) is 21.3. The van der Waals surface area contributed by atoms with Crippen LogP contribution >= 0.6 is 11.6 Å². The number of carbonyl (C=O) groups is 3. The van der Waals surface area contributed by atoms with Crippen molar-refractivity contribution >= 4 is 35.1 Å². The Morgan fingerprint density at radius 3 is 2.63 bits per heavy atom. The Morgan fingerprint density at radius 1 is 1.40 bits per heavy atom. The van der Waals surface area contributed by atoms with Crippen molar-refractivity contribution in [2.45, 2.75) is 57.4 Å². The lowest BCUT2D eigenvalue weighted by Crippen LogP contribution is -2.58. The number of hydrogen-bond acceptors (Lipinski definition) is 6. The Morgan fingerprint density at radius 2 is 2.06 bits per heavy atom. The monoisotopic (exact) mass is 504 g/mol.